The quantitative estimate of drug-likeness (QED) is 0.339. The Hall–Kier alpha value is -0.130. The summed E-state index contributed by atoms with van der Waals surface area (Å²) in [5, 5.41) is 10.1. The van der Waals surface area contributed by atoms with Crippen molar-refractivity contribution in [1.29, 1.82) is 0 Å². The molecule has 0 saturated carbocycles. The third kappa shape index (κ3) is 13.5. The van der Waals surface area contributed by atoms with Crippen LogP contribution in [0.25, 0.3) is 0 Å². The van der Waals surface area contributed by atoms with Crippen LogP contribution in [0.5, 0.6) is 0 Å². The first-order chi connectivity index (χ1) is 10.4. The van der Waals surface area contributed by atoms with Crippen LogP contribution in [0.3, 0.4) is 0 Å². The van der Waals surface area contributed by atoms with Crippen LogP contribution in [0.4, 0.5) is 0 Å². The highest BCUT2D eigenvalue weighted by molar-refractivity contribution is 7.85. The highest BCUT2D eigenvalue weighted by Crippen LogP contribution is 2.23. The van der Waals surface area contributed by atoms with Gasteiger partial charge in [0.05, 0.1) is 6.10 Å². The Labute approximate surface area is 137 Å². The first-order valence-corrected chi connectivity index (χ1v) is 10.6. The molecular formula is C17H36O4S. The summed E-state index contributed by atoms with van der Waals surface area (Å²) in [6, 6.07) is 0. The van der Waals surface area contributed by atoms with Gasteiger partial charge in [0.15, 0.2) is 0 Å². The zero-order chi connectivity index (χ0) is 16.8. The van der Waals surface area contributed by atoms with E-state index in [2.05, 4.69) is 13.8 Å². The predicted octanol–water partition coefficient (Wildman–Crippen LogP) is 4.57. The summed E-state index contributed by atoms with van der Waals surface area (Å²) in [5.74, 6) is -0.536. The molecule has 0 bridgehead atoms. The highest BCUT2D eigenvalue weighted by Gasteiger charge is 2.23. The van der Waals surface area contributed by atoms with Crippen LogP contribution in [-0.4, -0.2) is 29.9 Å². The lowest BCUT2D eigenvalue weighted by atomic mass is 9.90. The molecule has 2 N–H and O–H groups in total. The Morgan fingerprint density at radius 3 is 1.64 bits per heavy atom. The minimum atomic E-state index is -4.10. The highest BCUT2D eigenvalue weighted by atomic mass is 32.2. The lowest BCUT2D eigenvalue weighted by molar-refractivity contribution is 0.112. The fraction of sp³-hybridized carbons (Fsp3) is 1.00. The molecule has 4 nitrogen and oxygen atoms in total. The number of rotatable bonds is 15. The monoisotopic (exact) mass is 336 g/mol. The standard InChI is InChI=1S/C17H36O4S/c1-3-5-7-9-10-12-14-16(13-11-8-6-4-2)17(18)15-22(19,20)21/h16-18H,3-15H2,1-2H3,(H,19,20,21). The summed E-state index contributed by atoms with van der Waals surface area (Å²) >= 11 is 0. The molecule has 0 aromatic rings. The van der Waals surface area contributed by atoms with Gasteiger partial charge in [-0.25, -0.2) is 0 Å². The van der Waals surface area contributed by atoms with E-state index in [1.54, 1.807) is 0 Å². The average molecular weight is 337 g/mol. The van der Waals surface area contributed by atoms with Crippen molar-refractivity contribution < 1.29 is 18.1 Å². The van der Waals surface area contributed by atoms with Gasteiger partial charge in [-0.05, 0) is 18.8 Å². The Kier molecular flexibility index (Phi) is 13.2. The lowest BCUT2D eigenvalue weighted by Crippen LogP contribution is -2.28. The molecule has 0 aliphatic carbocycles. The molecule has 0 aromatic carbocycles. The van der Waals surface area contributed by atoms with Crippen LogP contribution < -0.4 is 0 Å². The van der Waals surface area contributed by atoms with Gasteiger partial charge in [-0.15, -0.1) is 0 Å². The Morgan fingerprint density at radius 1 is 0.773 bits per heavy atom. The summed E-state index contributed by atoms with van der Waals surface area (Å²) in [6.45, 7) is 4.35. The average Bonchev–Trinajstić information content (AvgIpc) is 2.42. The first-order valence-electron chi connectivity index (χ1n) is 9.04. The van der Waals surface area contributed by atoms with Gasteiger partial charge in [-0.3, -0.25) is 4.55 Å². The second-order valence-corrected chi connectivity index (χ2v) is 7.98. The third-order valence-corrected chi connectivity index (χ3v) is 5.05. The smallest absolute Gasteiger partial charge is 0.267 e. The molecule has 0 amide bonds. The minimum Gasteiger partial charge on any atom is -0.392 e. The second-order valence-electron chi connectivity index (χ2n) is 6.48. The molecule has 0 aliphatic heterocycles. The van der Waals surface area contributed by atoms with Crippen molar-refractivity contribution in [3.05, 3.63) is 0 Å². The van der Waals surface area contributed by atoms with E-state index in [9.17, 15) is 13.5 Å². The van der Waals surface area contributed by atoms with Crippen molar-refractivity contribution in [2.75, 3.05) is 5.75 Å². The summed E-state index contributed by atoms with van der Waals surface area (Å²) < 4.78 is 30.9. The topological polar surface area (TPSA) is 74.6 Å². The molecule has 5 heteroatoms. The second kappa shape index (κ2) is 13.3. The van der Waals surface area contributed by atoms with Gasteiger partial charge in [0.1, 0.15) is 5.75 Å². The molecule has 0 fully saturated rings. The zero-order valence-corrected chi connectivity index (χ0v) is 15.3. The summed E-state index contributed by atoms with van der Waals surface area (Å²) in [6.07, 6.45) is 12.4. The molecule has 0 heterocycles. The van der Waals surface area contributed by atoms with E-state index in [1.165, 1.54) is 32.1 Å². The van der Waals surface area contributed by atoms with E-state index >= 15 is 0 Å². The largest absolute Gasteiger partial charge is 0.392 e. The molecule has 0 spiro atoms. The van der Waals surface area contributed by atoms with E-state index in [0.29, 0.717) is 0 Å². The van der Waals surface area contributed by atoms with Crippen molar-refractivity contribution >= 4 is 10.1 Å². The SMILES string of the molecule is CCCCCCCCC(CCCCCC)C(O)CS(=O)(=O)O. The number of hydrogen-bond donors (Lipinski definition) is 2. The van der Waals surface area contributed by atoms with Crippen molar-refractivity contribution in [3.8, 4) is 0 Å². The van der Waals surface area contributed by atoms with Crippen molar-refractivity contribution in [2.45, 2.75) is 97.0 Å². The Morgan fingerprint density at radius 2 is 1.18 bits per heavy atom. The van der Waals surface area contributed by atoms with Crippen LogP contribution in [0.1, 0.15) is 90.9 Å². The summed E-state index contributed by atoms with van der Waals surface area (Å²) in [7, 11) is -4.10. The fourth-order valence-electron chi connectivity index (χ4n) is 2.90. The molecule has 0 aromatic heterocycles. The maximum atomic E-state index is 11.0. The Balaban J connectivity index is 4.15. The van der Waals surface area contributed by atoms with Gasteiger partial charge in [0, 0.05) is 0 Å². The minimum absolute atomic E-state index is 0.00930. The predicted molar refractivity (Wildman–Crippen MR) is 92.7 cm³/mol. The molecule has 22 heavy (non-hydrogen) atoms. The van der Waals surface area contributed by atoms with Crippen LogP contribution >= 0.6 is 0 Å². The number of unbranched alkanes of at least 4 members (excludes halogenated alkanes) is 8. The van der Waals surface area contributed by atoms with Crippen LogP contribution in [0.2, 0.25) is 0 Å². The van der Waals surface area contributed by atoms with Gasteiger partial charge in [0.25, 0.3) is 10.1 Å². The first kappa shape index (κ1) is 21.9. The van der Waals surface area contributed by atoms with Crippen LogP contribution in [0.15, 0.2) is 0 Å². The lowest BCUT2D eigenvalue weighted by Gasteiger charge is -2.22. The number of aliphatic hydroxyl groups excluding tert-OH is 1. The van der Waals surface area contributed by atoms with Crippen LogP contribution in [0, 0.1) is 5.92 Å². The molecule has 2 unspecified atom stereocenters. The fourth-order valence-corrected chi connectivity index (χ4v) is 3.60. The normalized spacial score (nSPS) is 14.9. The van der Waals surface area contributed by atoms with Gasteiger partial charge >= 0.3 is 0 Å². The third-order valence-electron chi connectivity index (χ3n) is 4.28. The molecular weight excluding hydrogens is 300 g/mol. The van der Waals surface area contributed by atoms with Crippen molar-refractivity contribution in [2.24, 2.45) is 5.92 Å². The van der Waals surface area contributed by atoms with Crippen LogP contribution in [-0.2, 0) is 10.1 Å². The van der Waals surface area contributed by atoms with E-state index < -0.39 is 22.0 Å². The van der Waals surface area contributed by atoms with Crippen molar-refractivity contribution in [3.63, 3.8) is 0 Å². The van der Waals surface area contributed by atoms with E-state index in [-0.39, 0.29) is 5.92 Å². The molecule has 134 valence electrons. The van der Waals surface area contributed by atoms with Gasteiger partial charge in [-0.1, -0.05) is 78.1 Å². The van der Waals surface area contributed by atoms with E-state index in [4.69, 9.17) is 4.55 Å². The van der Waals surface area contributed by atoms with Gasteiger partial charge in [-0.2, -0.15) is 8.42 Å². The Bertz CT molecular complexity index is 341. The van der Waals surface area contributed by atoms with Crippen molar-refractivity contribution in [1.82, 2.24) is 0 Å². The molecule has 0 aliphatic rings. The maximum absolute atomic E-state index is 11.0. The van der Waals surface area contributed by atoms with E-state index in [0.717, 1.165) is 44.9 Å². The molecule has 2 atom stereocenters. The molecule has 0 saturated heterocycles. The van der Waals surface area contributed by atoms with Gasteiger partial charge < -0.3 is 5.11 Å². The van der Waals surface area contributed by atoms with Gasteiger partial charge in [0.2, 0.25) is 0 Å². The zero-order valence-electron chi connectivity index (χ0n) is 14.5. The number of hydrogen-bond acceptors (Lipinski definition) is 3. The molecule has 0 radical (unpaired) electrons. The molecule has 0 rings (SSSR count). The van der Waals surface area contributed by atoms with E-state index in [1.807, 2.05) is 0 Å². The summed E-state index contributed by atoms with van der Waals surface area (Å²) in [4.78, 5) is 0. The summed E-state index contributed by atoms with van der Waals surface area (Å²) in [5.41, 5.74) is 0. The maximum Gasteiger partial charge on any atom is 0.267 e. The number of aliphatic hydroxyl groups is 1.